The molecule has 116 valence electrons. The number of ether oxygens (including phenoxy) is 1. The Balaban J connectivity index is 2.14. The van der Waals surface area contributed by atoms with Gasteiger partial charge in [-0.15, -0.1) is 0 Å². The lowest BCUT2D eigenvalue weighted by atomic mass is 9.75. The Labute approximate surface area is 125 Å². The predicted octanol–water partition coefficient (Wildman–Crippen LogP) is 1.74. The monoisotopic (exact) mass is 292 g/mol. The van der Waals surface area contributed by atoms with Crippen molar-refractivity contribution < 1.29 is 9.53 Å². The van der Waals surface area contributed by atoms with Gasteiger partial charge in [0.1, 0.15) is 11.4 Å². The van der Waals surface area contributed by atoms with Gasteiger partial charge in [-0.1, -0.05) is 0 Å². The van der Waals surface area contributed by atoms with E-state index in [4.69, 9.17) is 10.5 Å². The van der Waals surface area contributed by atoms with E-state index in [1.165, 1.54) is 6.42 Å². The number of nitrogens with zero attached hydrogens (tertiary/aromatic N) is 2. The Morgan fingerprint density at radius 3 is 2.76 bits per heavy atom. The van der Waals surface area contributed by atoms with Crippen molar-refractivity contribution >= 4 is 17.5 Å². The summed E-state index contributed by atoms with van der Waals surface area (Å²) < 4.78 is 5.06. The summed E-state index contributed by atoms with van der Waals surface area (Å²) in [5, 5.41) is 3.29. The highest BCUT2D eigenvalue weighted by atomic mass is 16.5. The van der Waals surface area contributed by atoms with E-state index in [1.807, 2.05) is 0 Å². The van der Waals surface area contributed by atoms with Crippen molar-refractivity contribution in [2.24, 2.45) is 0 Å². The van der Waals surface area contributed by atoms with E-state index in [1.54, 1.807) is 19.2 Å². The molecule has 0 atom stereocenters. The molecule has 1 aliphatic rings. The van der Waals surface area contributed by atoms with Crippen LogP contribution in [0.4, 0.5) is 11.5 Å². The quantitative estimate of drug-likeness (QED) is 0.777. The van der Waals surface area contributed by atoms with Crippen LogP contribution in [-0.4, -0.2) is 48.6 Å². The van der Waals surface area contributed by atoms with Gasteiger partial charge in [-0.3, -0.25) is 0 Å². The van der Waals surface area contributed by atoms with Gasteiger partial charge < -0.3 is 20.7 Å². The molecule has 1 aliphatic carbocycles. The first-order chi connectivity index (χ1) is 9.98. The number of esters is 1. The number of carbonyl (C=O) groups excluding carboxylic acids is 1. The third kappa shape index (κ3) is 3.26. The minimum atomic E-state index is -0.396. The van der Waals surface area contributed by atoms with Gasteiger partial charge in [0.2, 0.25) is 0 Å². The Morgan fingerprint density at radius 1 is 1.52 bits per heavy atom. The number of anilines is 2. The van der Waals surface area contributed by atoms with E-state index in [9.17, 15) is 4.79 Å². The molecule has 2 rings (SSSR count). The molecule has 1 aromatic heterocycles. The molecule has 0 saturated heterocycles. The lowest BCUT2D eigenvalue weighted by Gasteiger charge is -2.47. The van der Waals surface area contributed by atoms with Crippen molar-refractivity contribution in [2.75, 3.05) is 38.3 Å². The lowest BCUT2D eigenvalue weighted by molar-refractivity contribution is 0.0526. The Morgan fingerprint density at radius 2 is 2.24 bits per heavy atom. The topological polar surface area (TPSA) is 80.5 Å². The molecular formula is C15H24N4O2. The van der Waals surface area contributed by atoms with E-state index in [-0.39, 0.29) is 5.54 Å². The molecule has 0 radical (unpaired) electrons. The summed E-state index contributed by atoms with van der Waals surface area (Å²) in [7, 11) is 4.17. The summed E-state index contributed by atoms with van der Waals surface area (Å²) in [5.41, 5.74) is 6.72. The third-order valence-electron chi connectivity index (χ3n) is 4.22. The SMILES string of the molecule is CCOC(=O)c1cc(N)cnc1NCC1(N(C)C)CCC1. The van der Waals surface area contributed by atoms with E-state index in [0.717, 1.165) is 19.4 Å². The summed E-state index contributed by atoms with van der Waals surface area (Å²) >= 11 is 0. The minimum absolute atomic E-state index is 0.148. The minimum Gasteiger partial charge on any atom is -0.462 e. The Hall–Kier alpha value is -1.82. The summed E-state index contributed by atoms with van der Waals surface area (Å²) in [6.45, 7) is 2.86. The molecule has 0 unspecified atom stereocenters. The average molecular weight is 292 g/mol. The van der Waals surface area contributed by atoms with Crippen LogP contribution in [0.3, 0.4) is 0 Å². The van der Waals surface area contributed by atoms with Crippen LogP contribution in [0.5, 0.6) is 0 Å². The fourth-order valence-corrected chi connectivity index (χ4v) is 2.60. The molecule has 1 saturated carbocycles. The molecule has 0 spiro atoms. The maximum atomic E-state index is 12.0. The first-order valence-electron chi connectivity index (χ1n) is 7.32. The summed E-state index contributed by atoms with van der Waals surface area (Å²) in [5.74, 6) is 0.142. The second-order valence-electron chi connectivity index (χ2n) is 5.71. The number of hydrogen-bond donors (Lipinski definition) is 2. The molecule has 0 aromatic carbocycles. The fourth-order valence-electron chi connectivity index (χ4n) is 2.60. The molecule has 21 heavy (non-hydrogen) atoms. The van der Waals surface area contributed by atoms with E-state index in [0.29, 0.717) is 23.7 Å². The molecule has 6 heteroatoms. The van der Waals surface area contributed by atoms with Crippen LogP contribution in [0.25, 0.3) is 0 Å². The van der Waals surface area contributed by atoms with Crippen molar-refractivity contribution in [3.63, 3.8) is 0 Å². The van der Waals surface area contributed by atoms with Crippen LogP contribution < -0.4 is 11.1 Å². The van der Waals surface area contributed by atoms with Crippen molar-refractivity contribution in [1.82, 2.24) is 9.88 Å². The molecular weight excluding hydrogens is 268 g/mol. The molecule has 1 heterocycles. The summed E-state index contributed by atoms with van der Waals surface area (Å²) in [6.07, 6.45) is 5.08. The maximum Gasteiger partial charge on any atom is 0.341 e. The Bertz CT molecular complexity index is 512. The Kier molecular flexibility index (Phi) is 4.67. The molecule has 1 aromatic rings. The maximum absolute atomic E-state index is 12.0. The second-order valence-corrected chi connectivity index (χ2v) is 5.71. The number of hydrogen-bond acceptors (Lipinski definition) is 6. The smallest absolute Gasteiger partial charge is 0.341 e. The zero-order chi connectivity index (χ0) is 15.5. The third-order valence-corrected chi connectivity index (χ3v) is 4.22. The fraction of sp³-hybridized carbons (Fsp3) is 0.600. The molecule has 3 N–H and O–H groups in total. The van der Waals surface area contributed by atoms with Crippen LogP contribution in [0.1, 0.15) is 36.5 Å². The van der Waals surface area contributed by atoms with Gasteiger partial charge in [-0.05, 0) is 46.3 Å². The predicted molar refractivity (Wildman–Crippen MR) is 83.4 cm³/mol. The van der Waals surface area contributed by atoms with Gasteiger partial charge in [0.15, 0.2) is 0 Å². The number of nitrogens with one attached hydrogen (secondary N) is 1. The molecule has 6 nitrogen and oxygen atoms in total. The van der Waals surface area contributed by atoms with Crippen molar-refractivity contribution in [1.29, 1.82) is 0 Å². The van der Waals surface area contributed by atoms with Gasteiger partial charge in [0.25, 0.3) is 0 Å². The van der Waals surface area contributed by atoms with Crippen LogP contribution in [-0.2, 0) is 4.74 Å². The van der Waals surface area contributed by atoms with Crippen molar-refractivity contribution in [3.8, 4) is 0 Å². The van der Waals surface area contributed by atoms with Crippen molar-refractivity contribution in [3.05, 3.63) is 17.8 Å². The molecule has 0 bridgehead atoms. The largest absolute Gasteiger partial charge is 0.462 e. The zero-order valence-electron chi connectivity index (χ0n) is 13.0. The summed E-state index contributed by atoms with van der Waals surface area (Å²) in [4.78, 5) is 18.5. The summed E-state index contributed by atoms with van der Waals surface area (Å²) in [6, 6.07) is 1.61. The van der Waals surface area contributed by atoms with E-state index >= 15 is 0 Å². The van der Waals surface area contributed by atoms with Gasteiger partial charge >= 0.3 is 5.97 Å². The first-order valence-corrected chi connectivity index (χ1v) is 7.32. The van der Waals surface area contributed by atoms with E-state index in [2.05, 4.69) is 29.3 Å². The van der Waals surface area contributed by atoms with Gasteiger partial charge in [-0.2, -0.15) is 0 Å². The lowest BCUT2D eigenvalue weighted by Crippen LogP contribution is -2.54. The molecule has 1 fully saturated rings. The molecule has 0 aliphatic heterocycles. The number of likely N-dealkylation sites (N-methyl/N-ethyl adjacent to an activating group) is 1. The van der Waals surface area contributed by atoms with Gasteiger partial charge in [0, 0.05) is 12.1 Å². The molecule has 0 amide bonds. The number of carbonyl (C=O) groups is 1. The number of nitrogen functional groups attached to an aromatic ring is 1. The number of aromatic nitrogens is 1. The first kappa shape index (κ1) is 15.6. The van der Waals surface area contributed by atoms with Gasteiger partial charge in [-0.25, -0.2) is 9.78 Å². The highest BCUT2D eigenvalue weighted by Crippen LogP contribution is 2.36. The standard InChI is InChI=1S/C15H24N4O2/c1-4-21-14(20)12-8-11(16)9-17-13(12)18-10-15(19(2)3)6-5-7-15/h8-9H,4-7,10,16H2,1-3H3,(H,17,18). The number of nitrogens with two attached hydrogens (primary N) is 1. The van der Waals surface area contributed by atoms with Crippen LogP contribution in [0.15, 0.2) is 12.3 Å². The number of pyridine rings is 1. The van der Waals surface area contributed by atoms with Crippen LogP contribution in [0, 0.1) is 0 Å². The highest BCUT2D eigenvalue weighted by Gasteiger charge is 2.39. The second kappa shape index (κ2) is 6.30. The van der Waals surface area contributed by atoms with E-state index < -0.39 is 5.97 Å². The number of rotatable bonds is 6. The average Bonchev–Trinajstić information content (AvgIpc) is 2.38. The normalized spacial score (nSPS) is 16.4. The van der Waals surface area contributed by atoms with Gasteiger partial charge in [0.05, 0.1) is 18.5 Å². The zero-order valence-corrected chi connectivity index (χ0v) is 13.0. The highest BCUT2D eigenvalue weighted by molar-refractivity contribution is 5.95. The van der Waals surface area contributed by atoms with Crippen molar-refractivity contribution in [2.45, 2.75) is 31.7 Å². The van der Waals surface area contributed by atoms with Crippen LogP contribution in [0.2, 0.25) is 0 Å². The van der Waals surface area contributed by atoms with Crippen LogP contribution >= 0.6 is 0 Å².